The lowest BCUT2D eigenvalue weighted by Crippen LogP contribution is -2.53. The minimum atomic E-state index is -0.345. The smallest absolute Gasteiger partial charge is 0.116 e. The number of nitrogens with zero attached hydrogens (tertiary/aromatic N) is 2. The Labute approximate surface area is 117 Å². The van der Waals surface area contributed by atoms with E-state index in [1.807, 2.05) is 0 Å². The Bertz CT molecular complexity index is 351. The van der Waals surface area contributed by atoms with Crippen LogP contribution in [0.1, 0.15) is 58.3 Å². The van der Waals surface area contributed by atoms with Crippen molar-refractivity contribution in [3.63, 3.8) is 0 Å². The van der Waals surface area contributed by atoms with Crippen molar-refractivity contribution in [2.75, 3.05) is 13.1 Å². The first kappa shape index (κ1) is 13.4. The molecule has 19 heavy (non-hydrogen) atoms. The summed E-state index contributed by atoms with van der Waals surface area (Å²) in [4.78, 5) is 2.62. The predicted molar refractivity (Wildman–Crippen MR) is 76.7 cm³/mol. The number of hydrogen-bond acceptors (Lipinski definition) is 3. The van der Waals surface area contributed by atoms with Crippen molar-refractivity contribution >= 4 is 0 Å². The molecular weight excluding hydrogens is 234 g/mol. The van der Waals surface area contributed by atoms with Gasteiger partial charge in [-0.3, -0.25) is 10.2 Å². The lowest BCUT2D eigenvalue weighted by molar-refractivity contribution is 0.158. The van der Waals surface area contributed by atoms with E-state index in [4.69, 9.17) is 0 Å². The molecule has 0 aromatic heterocycles. The van der Waals surface area contributed by atoms with E-state index >= 15 is 0 Å². The Morgan fingerprint density at radius 2 is 1.89 bits per heavy atom. The third kappa shape index (κ3) is 3.12. The summed E-state index contributed by atoms with van der Waals surface area (Å²) in [6.07, 6.45) is 10.9. The second-order valence-electron chi connectivity index (χ2n) is 7.09. The number of rotatable bonds is 5. The van der Waals surface area contributed by atoms with Crippen LogP contribution in [0.3, 0.4) is 0 Å². The molecular formula is C16H27N3. The normalized spacial score (nSPS) is 32.3. The summed E-state index contributed by atoms with van der Waals surface area (Å²) in [5, 5.41) is 13.1. The van der Waals surface area contributed by atoms with E-state index in [0.29, 0.717) is 6.04 Å². The van der Waals surface area contributed by atoms with Crippen molar-refractivity contribution in [1.82, 2.24) is 10.2 Å². The molecule has 0 amide bonds. The number of nitrogens with one attached hydrogen (secondary N) is 1. The van der Waals surface area contributed by atoms with Gasteiger partial charge in [-0.25, -0.2) is 0 Å². The van der Waals surface area contributed by atoms with Crippen LogP contribution in [-0.2, 0) is 0 Å². The number of hydrogen-bond donors (Lipinski definition) is 1. The van der Waals surface area contributed by atoms with Crippen molar-refractivity contribution in [3.05, 3.63) is 0 Å². The average Bonchev–Trinajstić information content (AvgIpc) is 2.90. The maximum atomic E-state index is 9.53. The summed E-state index contributed by atoms with van der Waals surface area (Å²) in [7, 11) is 0. The lowest BCUT2D eigenvalue weighted by atomic mass is 9.94. The molecule has 2 unspecified atom stereocenters. The highest BCUT2D eigenvalue weighted by molar-refractivity contribution is 5.10. The maximum Gasteiger partial charge on any atom is 0.116 e. The molecule has 3 nitrogen and oxygen atoms in total. The molecule has 1 saturated heterocycles. The van der Waals surface area contributed by atoms with E-state index in [2.05, 4.69) is 23.2 Å². The molecule has 1 N–H and O–H groups in total. The van der Waals surface area contributed by atoms with Gasteiger partial charge in [0.15, 0.2) is 0 Å². The Kier molecular flexibility index (Phi) is 3.82. The quantitative estimate of drug-likeness (QED) is 0.827. The Hall–Kier alpha value is -0.590. The van der Waals surface area contributed by atoms with Gasteiger partial charge in [0.05, 0.1) is 6.07 Å². The average molecular weight is 261 g/mol. The van der Waals surface area contributed by atoms with Gasteiger partial charge in [0.1, 0.15) is 5.54 Å². The Morgan fingerprint density at radius 1 is 1.16 bits per heavy atom. The van der Waals surface area contributed by atoms with Crippen LogP contribution < -0.4 is 5.32 Å². The molecule has 3 fully saturated rings. The molecule has 3 rings (SSSR count). The topological polar surface area (TPSA) is 39.1 Å². The summed E-state index contributed by atoms with van der Waals surface area (Å²) in [5.41, 5.74) is -0.345. The standard InChI is InChI=1S/C16H27N3/c1-16(11-17,18-14-8-9-14)12-19-10-4-7-15(19)13-5-2-3-6-13/h13-15,18H,2-10,12H2,1H3. The summed E-state index contributed by atoms with van der Waals surface area (Å²) in [6, 6.07) is 3.90. The molecule has 2 aliphatic carbocycles. The first-order chi connectivity index (χ1) is 9.20. The van der Waals surface area contributed by atoms with Gasteiger partial charge < -0.3 is 0 Å². The van der Waals surface area contributed by atoms with E-state index < -0.39 is 0 Å². The summed E-state index contributed by atoms with van der Waals surface area (Å²) < 4.78 is 0. The van der Waals surface area contributed by atoms with Crippen molar-refractivity contribution in [3.8, 4) is 6.07 Å². The predicted octanol–water partition coefficient (Wildman–Crippen LogP) is 2.68. The third-order valence-electron chi connectivity index (χ3n) is 5.22. The van der Waals surface area contributed by atoms with E-state index in [0.717, 1.165) is 18.5 Å². The van der Waals surface area contributed by atoms with Crippen LogP contribution in [0.2, 0.25) is 0 Å². The van der Waals surface area contributed by atoms with E-state index in [9.17, 15) is 5.26 Å². The summed E-state index contributed by atoms with van der Waals surface area (Å²) in [5.74, 6) is 0.909. The molecule has 3 aliphatic rings. The monoisotopic (exact) mass is 261 g/mol. The van der Waals surface area contributed by atoms with E-state index in [1.54, 1.807) is 0 Å². The van der Waals surface area contributed by atoms with Crippen LogP contribution >= 0.6 is 0 Å². The van der Waals surface area contributed by atoms with Crippen LogP contribution in [-0.4, -0.2) is 35.6 Å². The van der Waals surface area contributed by atoms with Crippen molar-refractivity contribution in [1.29, 1.82) is 5.26 Å². The fourth-order valence-electron chi connectivity index (χ4n) is 4.12. The highest BCUT2D eigenvalue weighted by atomic mass is 15.2. The van der Waals surface area contributed by atoms with E-state index in [-0.39, 0.29) is 5.54 Å². The van der Waals surface area contributed by atoms with Crippen LogP contribution in [0.25, 0.3) is 0 Å². The molecule has 1 aliphatic heterocycles. The van der Waals surface area contributed by atoms with Crippen LogP contribution in [0.4, 0.5) is 0 Å². The van der Waals surface area contributed by atoms with Crippen LogP contribution in [0, 0.1) is 17.2 Å². The fraction of sp³-hybridized carbons (Fsp3) is 0.938. The zero-order valence-electron chi connectivity index (χ0n) is 12.2. The van der Waals surface area contributed by atoms with Crippen molar-refractivity contribution < 1.29 is 0 Å². The second-order valence-corrected chi connectivity index (χ2v) is 7.09. The molecule has 1 heterocycles. The largest absolute Gasteiger partial charge is 0.297 e. The molecule has 0 radical (unpaired) electrons. The molecule has 3 heteroatoms. The highest BCUT2D eigenvalue weighted by Crippen LogP contribution is 2.36. The minimum Gasteiger partial charge on any atom is -0.297 e. The Balaban J connectivity index is 1.61. The van der Waals surface area contributed by atoms with Crippen LogP contribution in [0.5, 0.6) is 0 Å². The molecule has 2 atom stereocenters. The fourth-order valence-corrected chi connectivity index (χ4v) is 4.12. The van der Waals surface area contributed by atoms with Gasteiger partial charge in [-0.2, -0.15) is 5.26 Å². The molecule has 106 valence electrons. The molecule has 0 spiro atoms. The zero-order valence-corrected chi connectivity index (χ0v) is 12.2. The van der Waals surface area contributed by atoms with Gasteiger partial charge in [-0.15, -0.1) is 0 Å². The van der Waals surface area contributed by atoms with Gasteiger partial charge in [0.25, 0.3) is 0 Å². The highest BCUT2D eigenvalue weighted by Gasteiger charge is 2.39. The SMILES string of the molecule is CC(C#N)(CN1CCCC1C1CCCC1)NC1CC1. The number of nitriles is 1. The second kappa shape index (κ2) is 5.42. The first-order valence-corrected chi connectivity index (χ1v) is 8.13. The van der Waals surface area contributed by atoms with Gasteiger partial charge in [0.2, 0.25) is 0 Å². The lowest BCUT2D eigenvalue weighted by Gasteiger charge is -2.35. The van der Waals surface area contributed by atoms with Crippen molar-refractivity contribution in [2.45, 2.75) is 75.9 Å². The van der Waals surface area contributed by atoms with Crippen molar-refractivity contribution in [2.24, 2.45) is 5.92 Å². The van der Waals surface area contributed by atoms with E-state index in [1.165, 1.54) is 57.9 Å². The molecule has 0 bridgehead atoms. The van der Waals surface area contributed by atoms with Gasteiger partial charge in [-0.05, 0) is 57.9 Å². The van der Waals surface area contributed by atoms with Gasteiger partial charge in [-0.1, -0.05) is 12.8 Å². The zero-order chi connectivity index (χ0) is 13.3. The van der Waals surface area contributed by atoms with Gasteiger partial charge in [0, 0.05) is 18.6 Å². The first-order valence-electron chi connectivity index (χ1n) is 8.13. The Morgan fingerprint density at radius 3 is 2.53 bits per heavy atom. The van der Waals surface area contributed by atoms with Gasteiger partial charge >= 0.3 is 0 Å². The molecule has 0 aromatic carbocycles. The molecule has 0 aromatic rings. The number of likely N-dealkylation sites (tertiary alicyclic amines) is 1. The third-order valence-corrected chi connectivity index (χ3v) is 5.22. The minimum absolute atomic E-state index is 0.345. The molecule has 2 saturated carbocycles. The maximum absolute atomic E-state index is 9.53. The van der Waals surface area contributed by atoms with Crippen LogP contribution in [0.15, 0.2) is 0 Å². The summed E-state index contributed by atoms with van der Waals surface area (Å²) >= 11 is 0. The summed E-state index contributed by atoms with van der Waals surface area (Å²) in [6.45, 7) is 4.21.